The van der Waals surface area contributed by atoms with Crippen LogP contribution in [0.4, 0.5) is 4.79 Å². The molecule has 5 rings (SSSR count). The Bertz CT molecular complexity index is 1580. The number of amides is 2. The molecule has 1 saturated heterocycles. The van der Waals surface area contributed by atoms with Crippen molar-refractivity contribution in [2.75, 3.05) is 6.61 Å². The fourth-order valence-corrected chi connectivity index (χ4v) is 5.52. The number of fused-ring (bicyclic) bond motifs is 1. The molecule has 2 amide bonds. The number of carbonyl (C=O) groups is 3. The monoisotopic (exact) mass is 510 g/mol. The van der Waals surface area contributed by atoms with Gasteiger partial charge in [-0.1, -0.05) is 48.5 Å². The third kappa shape index (κ3) is 4.70. The molecular formula is C30H26N2O4S. The van der Waals surface area contributed by atoms with Crippen molar-refractivity contribution in [3.8, 4) is 5.69 Å². The number of imide groups is 1. The largest absolute Gasteiger partial charge is 0.462 e. The molecule has 7 heteroatoms. The van der Waals surface area contributed by atoms with Crippen LogP contribution in [0.3, 0.4) is 0 Å². The highest BCUT2D eigenvalue weighted by Gasteiger charge is 2.35. The number of hydrogen-bond donors (Lipinski definition) is 0. The third-order valence-corrected chi connectivity index (χ3v) is 7.36. The number of esters is 1. The number of thioether (sulfide) groups is 1. The Labute approximate surface area is 219 Å². The fourth-order valence-electron chi connectivity index (χ4n) is 4.70. The zero-order valence-corrected chi connectivity index (χ0v) is 21.7. The maximum atomic E-state index is 13.3. The second-order valence-electron chi connectivity index (χ2n) is 8.84. The molecule has 3 aromatic carbocycles. The molecule has 0 N–H and O–H groups in total. The molecule has 4 aromatic rings. The molecule has 6 nitrogen and oxygen atoms in total. The molecule has 0 aliphatic carbocycles. The van der Waals surface area contributed by atoms with Crippen LogP contribution < -0.4 is 0 Å². The highest BCUT2D eigenvalue weighted by molar-refractivity contribution is 8.18. The molecule has 1 fully saturated rings. The molecule has 37 heavy (non-hydrogen) atoms. The van der Waals surface area contributed by atoms with Crippen molar-refractivity contribution in [2.45, 2.75) is 27.3 Å². The number of ether oxygens (including phenoxy) is 1. The van der Waals surface area contributed by atoms with Crippen LogP contribution >= 0.6 is 11.8 Å². The molecule has 1 aliphatic rings. The van der Waals surface area contributed by atoms with Crippen molar-refractivity contribution >= 4 is 45.7 Å². The normalized spacial score (nSPS) is 14.7. The number of rotatable bonds is 6. The topological polar surface area (TPSA) is 68.6 Å². The van der Waals surface area contributed by atoms with E-state index in [9.17, 15) is 14.4 Å². The van der Waals surface area contributed by atoms with E-state index >= 15 is 0 Å². The summed E-state index contributed by atoms with van der Waals surface area (Å²) in [6.07, 6.45) is 1.78. The van der Waals surface area contributed by atoms with E-state index in [1.807, 2.05) is 79.1 Å². The van der Waals surface area contributed by atoms with Crippen molar-refractivity contribution in [1.82, 2.24) is 9.47 Å². The Hall–Kier alpha value is -4.10. The minimum Gasteiger partial charge on any atom is -0.462 e. The number of nitrogens with zero attached hydrogens (tertiary/aromatic N) is 2. The highest BCUT2D eigenvalue weighted by atomic mass is 32.2. The Morgan fingerprint density at radius 2 is 1.73 bits per heavy atom. The van der Waals surface area contributed by atoms with Gasteiger partial charge in [0.25, 0.3) is 11.1 Å². The molecule has 1 aliphatic heterocycles. The second-order valence-corrected chi connectivity index (χ2v) is 9.83. The summed E-state index contributed by atoms with van der Waals surface area (Å²) in [5.41, 5.74) is 4.92. The smallest absolute Gasteiger partial charge is 0.338 e. The summed E-state index contributed by atoms with van der Waals surface area (Å²) in [5.74, 6) is -0.663. The Kier molecular flexibility index (Phi) is 6.72. The number of aromatic nitrogens is 1. The molecule has 1 aromatic heterocycles. The molecule has 186 valence electrons. The number of hydrogen-bond acceptors (Lipinski definition) is 5. The van der Waals surface area contributed by atoms with E-state index in [1.165, 1.54) is 4.90 Å². The minimum absolute atomic E-state index is 0.225. The lowest BCUT2D eigenvalue weighted by molar-refractivity contribution is -0.123. The first-order valence-electron chi connectivity index (χ1n) is 12.1. The summed E-state index contributed by atoms with van der Waals surface area (Å²) in [4.78, 5) is 40.0. The number of aryl methyl sites for hydroxylation is 1. The first-order chi connectivity index (χ1) is 17.9. The Morgan fingerprint density at radius 3 is 2.54 bits per heavy atom. The van der Waals surface area contributed by atoms with Gasteiger partial charge in [-0.15, -0.1) is 0 Å². The molecule has 0 bridgehead atoms. The zero-order valence-electron chi connectivity index (χ0n) is 20.9. The second kappa shape index (κ2) is 10.1. The Morgan fingerprint density at radius 1 is 0.973 bits per heavy atom. The van der Waals surface area contributed by atoms with E-state index in [0.29, 0.717) is 17.1 Å². The minimum atomic E-state index is -0.369. The van der Waals surface area contributed by atoms with Gasteiger partial charge in [-0.2, -0.15) is 0 Å². The van der Waals surface area contributed by atoms with E-state index in [0.717, 1.165) is 50.7 Å². The summed E-state index contributed by atoms with van der Waals surface area (Å²) in [6, 6.07) is 23.1. The predicted octanol–water partition coefficient (Wildman–Crippen LogP) is 6.66. The third-order valence-electron chi connectivity index (χ3n) is 6.45. The van der Waals surface area contributed by atoms with Crippen LogP contribution in [0.1, 0.15) is 39.8 Å². The van der Waals surface area contributed by atoms with Gasteiger partial charge >= 0.3 is 5.97 Å². The molecule has 0 atom stereocenters. The van der Waals surface area contributed by atoms with Gasteiger partial charge < -0.3 is 9.30 Å². The molecular weight excluding hydrogens is 484 g/mol. The van der Waals surface area contributed by atoms with Crippen molar-refractivity contribution in [3.63, 3.8) is 0 Å². The average Bonchev–Trinajstić information content (AvgIpc) is 3.33. The average molecular weight is 511 g/mol. The van der Waals surface area contributed by atoms with E-state index in [-0.39, 0.29) is 23.7 Å². The lowest BCUT2D eigenvalue weighted by atomic mass is 10.0. The van der Waals surface area contributed by atoms with Gasteiger partial charge in [-0.3, -0.25) is 14.5 Å². The van der Waals surface area contributed by atoms with E-state index < -0.39 is 0 Å². The van der Waals surface area contributed by atoms with E-state index in [2.05, 4.69) is 0 Å². The van der Waals surface area contributed by atoms with Crippen LogP contribution in [0, 0.1) is 13.8 Å². The quantitative estimate of drug-likeness (QED) is 0.214. The maximum Gasteiger partial charge on any atom is 0.338 e. The van der Waals surface area contributed by atoms with E-state index in [1.54, 1.807) is 25.1 Å². The van der Waals surface area contributed by atoms with Gasteiger partial charge in [-0.25, -0.2) is 4.79 Å². The summed E-state index contributed by atoms with van der Waals surface area (Å²) >= 11 is 0.961. The van der Waals surface area contributed by atoms with Crippen LogP contribution in [-0.2, 0) is 16.1 Å². The van der Waals surface area contributed by atoms with Gasteiger partial charge in [0, 0.05) is 17.1 Å². The molecule has 0 spiro atoms. The summed E-state index contributed by atoms with van der Waals surface area (Å²) in [6.45, 7) is 6.23. The summed E-state index contributed by atoms with van der Waals surface area (Å²) < 4.78 is 7.16. The first-order valence-corrected chi connectivity index (χ1v) is 12.9. The maximum absolute atomic E-state index is 13.3. The van der Waals surface area contributed by atoms with Crippen LogP contribution in [0.2, 0.25) is 0 Å². The number of benzene rings is 3. The molecule has 2 heterocycles. The summed E-state index contributed by atoms with van der Waals surface area (Å²) in [7, 11) is 0. The molecule has 0 unspecified atom stereocenters. The van der Waals surface area contributed by atoms with Crippen molar-refractivity contribution < 1.29 is 19.1 Å². The molecule has 0 saturated carbocycles. The lowest BCUT2D eigenvalue weighted by Gasteiger charge is -2.14. The predicted molar refractivity (Wildman–Crippen MR) is 147 cm³/mol. The van der Waals surface area contributed by atoms with Crippen LogP contribution in [0.15, 0.2) is 77.7 Å². The van der Waals surface area contributed by atoms with Gasteiger partial charge in [-0.05, 0) is 84.8 Å². The highest BCUT2D eigenvalue weighted by Crippen LogP contribution is 2.35. The van der Waals surface area contributed by atoms with Gasteiger partial charge in [0.1, 0.15) is 0 Å². The van der Waals surface area contributed by atoms with Gasteiger partial charge in [0.05, 0.1) is 23.6 Å². The van der Waals surface area contributed by atoms with Crippen molar-refractivity contribution in [1.29, 1.82) is 0 Å². The van der Waals surface area contributed by atoms with Crippen LogP contribution in [0.5, 0.6) is 0 Å². The lowest BCUT2D eigenvalue weighted by Crippen LogP contribution is -2.27. The van der Waals surface area contributed by atoms with Gasteiger partial charge in [0.2, 0.25) is 0 Å². The van der Waals surface area contributed by atoms with Crippen LogP contribution in [0.25, 0.3) is 22.5 Å². The fraction of sp³-hybridized carbons (Fsp3) is 0.167. The Balaban J connectivity index is 1.43. The van der Waals surface area contributed by atoms with Crippen molar-refractivity contribution in [2.24, 2.45) is 0 Å². The number of carbonyl (C=O) groups excluding carboxylic acids is 3. The molecule has 0 radical (unpaired) electrons. The SMILES string of the molecule is CCOC(=O)c1cccc(-n2c(C)cc(/C=C3/SC(=O)N(Cc4cccc5ccccc45)C3=O)c2C)c1. The van der Waals surface area contributed by atoms with Gasteiger partial charge in [0.15, 0.2) is 0 Å². The zero-order chi connectivity index (χ0) is 26.1. The van der Waals surface area contributed by atoms with Crippen molar-refractivity contribution in [3.05, 3.63) is 106 Å². The van der Waals surface area contributed by atoms with Crippen LogP contribution in [-0.4, -0.2) is 33.2 Å². The standard InChI is InChI=1S/C30H26N2O4S/c1-4-36-29(34)22-11-8-13-25(16-22)32-19(2)15-24(20(32)3)17-27-28(33)31(30(35)37-27)18-23-12-7-10-21-9-5-6-14-26(21)23/h5-17H,4,18H2,1-3H3/b27-17+. The summed E-state index contributed by atoms with van der Waals surface area (Å²) in [5, 5.41) is 1.82. The van der Waals surface area contributed by atoms with E-state index in [4.69, 9.17) is 4.74 Å². The first kappa shape index (κ1) is 24.6.